The highest BCUT2D eigenvalue weighted by atomic mass is 32.2. The molecule has 1 amide bonds. The number of nitrogens with zero attached hydrogens (tertiary/aromatic N) is 1. The van der Waals surface area contributed by atoms with Crippen molar-refractivity contribution in [3.63, 3.8) is 0 Å². The highest BCUT2D eigenvalue weighted by molar-refractivity contribution is 7.89. The lowest BCUT2D eigenvalue weighted by Gasteiger charge is -2.34. The van der Waals surface area contributed by atoms with Crippen molar-refractivity contribution in [3.05, 3.63) is 90.0 Å². The third kappa shape index (κ3) is 5.52. The standard InChI is InChI=1S/C27H30N2O3S/c1-21-10-16-26(17-11-21)33(31,32)29-20-6-5-9-25(29)18-19-28-27(30)24-14-12-23(13-15-24)22-7-3-2-4-8-22/h2-4,7-8,10-17,25H,5-6,9,18-20H2,1H3,(H,28,30). The van der Waals surface area contributed by atoms with Crippen LogP contribution < -0.4 is 5.32 Å². The van der Waals surface area contributed by atoms with Crippen molar-refractivity contribution < 1.29 is 13.2 Å². The largest absolute Gasteiger partial charge is 0.352 e. The van der Waals surface area contributed by atoms with Crippen LogP contribution >= 0.6 is 0 Å². The van der Waals surface area contributed by atoms with Crippen molar-refractivity contribution in [1.82, 2.24) is 9.62 Å². The van der Waals surface area contributed by atoms with Gasteiger partial charge in [0.25, 0.3) is 5.91 Å². The van der Waals surface area contributed by atoms with Gasteiger partial charge in [0.1, 0.15) is 0 Å². The molecule has 1 heterocycles. The van der Waals surface area contributed by atoms with Crippen LogP contribution in [0.1, 0.15) is 41.6 Å². The van der Waals surface area contributed by atoms with Gasteiger partial charge >= 0.3 is 0 Å². The van der Waals surface area contributed by atoms with Crippen LogP contribution in [-0.2, 0) is 10.0 Å². The Hall–Kier alpha value is -2.96. The summed E-state index contributed by atoms with van der Waals surface area (Å²) in [7, 11) is -3.54. The average molecular weight is 463 g/mol. The molecule has 1 saturated heterocycles. The molecular weight excluding hydrogens is 432 g/mol. The fraction of sp³-hybridized carbons (Fsp3) is 0.296. The van der Waals surface area contributed by atoms with Gasteiger partial charge < -0.3 is 5.32 Å². The first-order valence-corrected chi connectivity index (χ1v) is 12.9. The molecule has 3 aromatic rings. The van der Waals surface area contributed by atoms with Crippen LogP contribution in [0, 0.1) is 6.92 Å². The van der Waals surface area contributed by atoms with Gasteiger partial charge in [-0.05, 0) is 61.6 Å². The second kappa shape index (κ2) is 10.3. The molecule has 172 valence electrons. The molecule has 0 radical (unpaired) electrons. The van der Waals surface area contributed by atoms with Crippen LogP contribution in [0.5, 0.6) is 0 Å². The fourth-order valence-electron chi connectivity index (χ4n) is 4.32. The summed E-state index contributed by atoms with van der Waals surface area (Å²) in [5, 5.41) is 2.96. The first-order chi connectivity index (χ1) is 15.9. The number of sulfonamides is 1. The lowest BCUT2D eigenvalue weighted by molar-refractivity contribution is 0.0949. The van der Waals surface area contributed by atoms with E-state index in [1.807, 2.05) is 73.7 Å². The third-order valence-electron chi connectivity index (χ3n) is 6.22. The topological polar surface area (TPSA) is 66.5 Å². The lowest BCUT2D eigenvalue weighted by atomic mass is 10.0. The van der Waals surface area contributed by atoms with Crippen molar-refractivity contribution in [2.45, 2.75) is 43.5 Å². The van der Waals surface area contributed by atoms with Gasteiger partial charge in [-0.3, -0.25) is 4.79 Å². The van der Waals surface area contributed by atoms with Crippen molar-refractivity contribution in [2.24, 2.45) is 0 Å². The van der Waals surface area contributed by atoms with Gasteiger partial charge in [-0.1, -0.05) is 66.6 Å². The highest BCUT2D eigenvalue weighted by Crippen LogP contribution is 2.27. The van der Waals surface area contributed by atoms with Crippen LogP contribution in [-0.4, -0.2) is 37.8 Å². The first-order valence-electron chi connectivity index (χ1n) is 11.5. The molecule has 1 fully saturated rings. The van der Waals surface area contributed by atoms with E-state index in [0.717, 1.165) is 36.0 Å². The van der Waals surface area contributed by atoms with Gasteiger partial charge in [-0.25, -0.2) is 8.42 Å². The van der Waals surface area contributed by atoms with Crippen LogP contribution in [0.3, 0.4) is 0 Å². The predicted molar refractivity (Wildman–Crippen MR) is 132 cm³/mol. The Bertz CT molecular complexity index is 1170. The Labute approximate surface area is 196 Å². The number of carbonyl (C=O) groups excluding carboxylic acids is 1. The van der Waals surface area contributed by atoms with E-state index in [9.17, 15) is 13.2 Å². The quantitative estimate of drug-likeness (QED) is 0.536. The summed E-state index contributed by atoms with van der Waals surface area (Å²) < 4.78 is 28.1. The number of carbonyl (C=O) groups is 1. The van der Waals surface area contributed by atoms with Crippen LogP contribution in [0.4, 0.5) is 0 Å². The van der Waals surface area contributed by atoms with E-state index in [2.05, 4.69) is 5.32 Å². The smallest absolute Gasteiger partial charge is 0.251 e. The number of amides is 1. The summed E-state index contributed by atoms with van der Waals surface area (Å²) in [6.07, 6.45) is 3.27. The number of nitrogens with one attached hydrogen (secondary N) is 1. The maximum absolute atomic E-state index is 13.2. The SMILES string of the molecule is Cc1ccc(S(=O)(=O)N2CCCCC2CCNC(=O)c2ccc(-c3ccccc3)cc2)cc1. The molecule has 1 aliphatic heterocycles. The summed E-state index contributed by atoms with van der Waals surface area (Å²) in [5.41, 5.74) is 3.80. The lowest BCUT2D eigenvalue weighted by Crippen LogP contribution is -2.45. The molecule has 1 atom stereocenters. The molecule has 1 aliphatic rings. The van der Waals surface area contributed by atoms with Crippen molar-refractivity contribution in [2.75, 3.05) is 13.1 Å². The summed E-state index contributed by atoms with van der Waals surface area (Å²) in [6, 6.07) is 24.5. The number of aryl methyl sites for hydroxylation is 1. The Morgan fingerprint density at radius 3 is 2.27 bits per heavy atom. The average Bonchev–Trinajstić information content (AvgIpc) is 2.85. The van der Waals surface area contributed by atoms with Crippen LogP contribution in [0.2, 0.25) is 0 Å². The molecule has 3 aromatic carbocycles. The predicted octanol–water partition coefficient (Wildman–Crippen LogP) is 5.03. The summed E-state index contributed by atoms with van der Waals surface area (Å²) >= 11 is 0. The second-order valence-corrected chi connectivity index (χ2v) is 10.5. The minimum atomic E-state index is -3.54. The van der Waals surface area contributed by atoms with Gasteiger partial charge in [0.2, 0.25) is 10.0 Å². The van der Waals surface area contributed by atoms with E-state index in [-0.39, 0.29) is 11.9 Å². The molecule has 0 spiro atoms. The van der Waals surface area contributed by atoms with Crippen LogP contribution in [0.15, 0.2) is 83.8 Å². The molecule has 0 bridgehead atoms. The fourth-order valence-corrected chi connectivity index (χ4v) is 6.05. The van der Waals surface area contributed by atoms with E-state index in [4.69, 9.17) is 0 Å². The Kier molecular flexibility index (Phi) is 7.26. The molecule has 33 heavy (non-hydrogen) atoms. The number of rotatable bonds is 7. The number of hydrogen-bond acceptors (Lipinski definition) is 3. The van der Waals surface area contributed by atoms with Gasteiger partial charge in [0, 0.05) is 24.7 Å². The Morgan fingerprint density at radius 2 is 1.58 bits per heavy atom. The molecule has 1 N–H and O–H groups in total. The van der Waals surface area contributed by atoms with E-state index >= 15 is 0 Å². The van der Waals surface area contributed by atoms with E-state index in [1.165, 1.54) is 0 Å². The van der Waals surface area contributed by atoms with Crippen molar-refractivity contribution in [3.8, 4) is 11.1 Å². The van der Waals surface area contributed by atoms with Crippen LogP contribution in [0.25, 0.3) is 11.1 Å². The summed E-state index contributed by atoms with van der Waals surface area (Å²) in [5.74, 6) is -0.140. The minimum absolute atomic E-state index is 0.106. The number of hydrogen-bond donors (Lipinski definition) is 1. The van der Waals surface area contributed by atoms with E-state index in [0.29, 0.717) is 30.0 Å². The van der Waals surface area contributed by atoms with Crippen molar-refractivity contribution >= 4 is 15.9 Å². The molecule has 4 rings (SSSR count). The molecule has 0 saturated carbocycles. The zero-order valence-corrected chi connectivity index (χ0v) is 19.7. The molecule has 1 unspecified atom stereocenters. The first kappa shape index (κ1) is 23.2. The second-order valence-electron chi connectivity index (χ2n) is 8.57. The van der Waals surface area contributed by atoms with Crippen molar-refractivity contribution in [1.29, 1.82) is 0 Å². The molecule has 5 nitrogen and oxygen atoms in total. The highest BCUT2D eigenvalue weighted by Gasteiger charge is 2.33. The summed E-state index contributed by atoms with van der Waals surface area (Å²) in [6.45, 7) is 2.90. The van der Waals surface area contributed by atoms with Gasteiger partial charge in [-0.15, -0.1) is 0 Å². The third-order valence-corrected chi connectivity index (χ3v) is 8.18. The normalized spacial score (nSPS) is 16.9. The molecule has 6 heteroatoms. The molecule has 0 aromatic heterocycles. The number of benzene rings is 3. The zero-order valence-electron chi connectivity index (χ0n) is 18.9. The summed E-state index contributed by atoms with van der Waals surface area (Å²) in [4.78, 5) is 13.0. The van der Waals surface area contributed by atoms with E-state index in [1.54, 1.807) is 16.4 Å². The molecular formula is C27H30N2O3S. The van der Waals surface area contributed by atoms with Gasteiger partial charge in [0.05, 0.1) is 4.90 Å². The monoisotopic (exact) mass is 462 g/mol. The Balaban J connectivity index is 1.36. The molecule has 0 aliphatic carbocycles. The van der Waals surface area contributed by atoms with Gasteiger partial charge in [0.15, 0.2) is 0 Å². The maximum atomic E-state index is 13.2. The Morgan fingerprint density at radius 1 is 0.909 bits per heavy atom. The minimum Gasteiger partial charge on any atom is -0.352 e. The number of piperidine rings is 1. The maximum Gasteiger partial charge on any atom is 0.251 e. The zero-order chi connectivity index (χ0) is 23.3. The van der Waals surface area contributed by atoms with Gasteiger partial charge in [-0.2, -0.15) is 4.31 Å². The van der Waals surface area contributed by atoms with E-state index < -0.39 is 10.0 Å².